The van der Waals surface area contributed by atoms with Crippen molar-refractivity contribution in [3.8, 4) is 11.4 Å². The minimum Gasteiger partial charge on any atom is -0.338 e. The van der Waals surface area contributed by atoms with Gasteiger partial charge in [-0.3, -0.25) is 0 Å². The fourth-order valence-electron chi connectivity index (χ4n) is 1.44. The molecule has 0 aliphatic carbocycles. The lowest BCUT2D eigenvalue weighted by atomic mass is 10.1. The van der Waals surface area contributed by atoms with Crippen LogP contribution >= 0.6 is 11.6 Å². The van der Waals surface area contributed by atoms with Crippen LogP contribution in [0.5, 0.6) is 0 Å². The summed E-state index contributed by atoms with van der Waals surface area (Å²) in [6.07, 6.45) is 0.912. The molecule has 1 aromatic heterocycles. The quantitative estimate of drug-likeness (QED) is 0.890. The molecule has 0 saturated heterocycles. The molecule has 0 radical (unpaired) electrons. The smallest absolute Gasteiger partial charge is 0.240 e. The Hall–Kier alpha value is -1.39. The van der Waals surface area contributed by atoms with Crippen molar-refractivity contribution >= 4 is 11.6 Å². The van der Waals surface area contributed by atoms with Gasteiger partial charge in [0.05, 0.1) is 6.54 Å². The molecule has 0 atom stereocenters. The van der Waals surface area contributed by atoms with Crippen LogP contribution in [-0.2, 0) is 13.0 Å². The second kappa shape index (κ2) is 4.63. The molecule has 5 heteroatoms. The number of halogens is 1. The Morgan fingerprint density at radius 2 is 2.19 bits per heavy atom. The Bertz CT molecular complexity index is 496. The molecule has 0 bridgehead atoms. The first-order valence-corrected chi connectivity index (χ1v) is 5.43. The Labute approximate surface area is 98.4 Å². The highest BCUT2D eigenvalue weighted by Gasteiger charge is 2.08. The van der Waals surface area contributed by atoms with Gasteiger partial charge in [-0.15, -0.1) is 0 Å². The number of hydrogen-bond donors (Lipinski definition) is 1. The van der Waals surface area contributed by atoms with E-state index in [1.165, 1.54) is 0 Å². The molecule has 0 fully saturated rings. The predicted molar refractivity (Wildman–Crippen MR) is 62.0 cm³/mol. The zero-order chi connectivity index (χ0) is 11.5. The third kappa shape index (κ3) is 2.23. The minimum atomic E-state index is 0.244. The van der Waals surface area contributed by atoms with Gasteiger partial charge in [-0.2, -0.15) is 4.98 Å². The molecular weight excluding hydrogens is 226 g/mol. The standard InChI is InChI=1S/C11H12ClN3O/c1-2-7-3-8(5-9(12)4-7)11-14-10(6-13)16-15-11/h3-5H,2,6,13H2,1H3. The highest BCUT2D eigenvalue weighted by Crippen LogP contribution is 2.23. The first-order valence-electron chi connectivity index (χ1n) is 5.05. The van der Waals surface area contributed by atoms with E-state index in [1.54, 1.807) is 0 Å². The predicted octanol–water partition coefficient (Wildman–Crippen LogP) is 2.41. The number of benzene rings is 1. The minimum absolute atomic E-state index is 0.244. The summed E-state index contributed by atoms with van der Waals surface area (Å²) in [4.78, 5) is 4.15. The van der Waals surface area contributed by atoms with Crippen molar-refractivity contribution in [1.29, 1.82) is 0 Å². The number of aryl methyl sites for hydroxylation is 1. The van der Waals surface area contributed by atoms with Crippen molar-refractivity contribution in [2.75, 3.05) is 0 Å². The van der Waals surface area contributed by atoms with Gasteiger partial charge in [0.1, 0.15) is 0 Å². The number of nitrogens with zero attached hydrogens (tertiary/aromatic N) is 2. The van der Waals surface area contributed by atoms with E-state index in [9.17, 15) is 0 Å². The van der Waals surface area contributed by atoms with Crippen molar-refractivity contribution in [2.45, 2.75) is 19.9 Å². The monoisotopic (exact) mass is 237 g/mol. The van der Waals surface area contributed by atoms with Gasteiger partial charge in [-0.1, -0.05) is 23.7 Å². The van der Waals surface area contributed by atoms with Crippen LogP contribution in [0.25, 0.3) is 11.4 Å². The maximum Gasteiger partial charge on any atom is 0.240 e. The molecule has 0 aliphatic rings. The Morgan fingerprint density at radius 1 is 1.38 bits per heavy atom. The third-order valence-electron chi connectivity index (χ3n) is 2.27. The molecule has 1 aromatic carbocycles. The molecule has 2 aromatic rings. The van der Waals surface area contributed by atoms with E-state index in [2.05, 4.69) is 17.1 Å². The summed E-state index contributed by atoms with van der Waals surface area (Å²) in [6, 6.07) is 5.73. The maximum absolute atomic E-state index is 6.01. The van der Waals surface area contributed by atoms with E-state index < -0.39 is 0 Å². The highest BCUT2D eigenvalue weighted by atomic mass is 35.5. The Kier molecular flexibility index (Phi) is 3.22. The summed E-state index contributed by atoms with van der Waals surface area (Å²) in [5, 5.41) is 4.52. The molecule has 0 aliphatic heterocycles. The fourth-order valence-corrected chi connectivity index (χ4v) is 1.70. The maximum atomic E-state index is 6.01. The van der Waals surface area contributed by atoms with Gasteiger partial charge in [0.25, 0.3) is 0 Å². The van der Waals surface area contributed by atoms with Crippen LogP contribution < -0.4 is 5.73 Å². The van der Waals surface area contributed by atoms with Gasteiger partial charge in [0.2, 0.25) is 11.7 Å². The summed E-state index contributed by atoms with van der Waals surface area (Å²) < 4.78 is 4.95. The molecule has 0 unspecified atom stereocenters. The molecule has 16 heavy (non-hydrogen) atoms. The van der Waals surface area contributed by atoms with Crippen LogP contribution in [0.2, 0.25) is 5.02 Å². The van der Waals surface area contributed by atoms with E-state index >= 15 is 0 Å². The van der Waals surface area contributed by atoms with Gasteiger partial charge in [0.15, 0.2) is 0 Å². The largest absolute Gasteiger partial charge is 0.338 e. The molecule has 2 rings (SSSR count). The Morgan fingerprint density at radius 3 is 2.81 bits per heavy atom. The first kappa shape index (κ1) is 11.1. The second-order valence-electron chi connectivity index (χ2n) is 3.42. The lowest BCUT2D eigenvalue weighted by molar-refractivity contribution is 0.380. The molecule has 84 valence electrons. The molecule has 0 spiro atoms. The molecule has 0 saturated carbocycles. The van der Waals surface area contributed by atoms with E-state index in [-0.39, 0.29) is 6.54 Å². The van der Waals surface area contributed by atoms with Gasteiger partial charge in [-0.05, 0) is 30.2 Å². The van der Waals surface area contributed by atoms with Crippen molar-refractivity contribution in [1.82, 2.24) is 10.1 Å². The van der Waals surface area contributed by atoms with Crippen LogP contribution in [0.3, 0.4) is 0 Å². The van der Waals surface area contributed by atoms with Crippen LogP contribution in [-0.4, -0.2) is 10.1 Å². The zero-order valence-corrected chi connectivity index (χ0v) is 9.66. The van der Waals surface area contributed by atoms with Crippen molar-refractivity contribution < 1.29 is 4.52 Å². The third-order valence-corrected chi connectivity index (χ3v) is 2.48. The van der Waals surface area contributed by atoms with E-state index in [4.69, 9.17) is 21.9 Å². The summed E-state index contributed by atoms with van der Waals surface area (Å²) in [5.41, 5.74) is 7.40. The SMILES string of the molecule is CCc1cc(Cl)cc(-c2noc(CN)n2)c1. The molecule has 0 amide bonds. The topological polar surface area (TPSA) is 64.9 Å². The summed E-state index contributed by atoms with van der Waals surface area (Å²) in [5.74, 6) is 0.950. The van der Waals surface area contributed by atoms with E-state index in [1.807, 2.05) is 18.2 Å². The van der Waals surface area contributed by atoms with Crippen LogP contribution in [0, 0.1) is 0 Å². The van der Waals surface area contributed by atoms with Crippen molar-refractivity contribution in [3.05, 3.63) is 34.7 Å². The number of aromatic nitrogens is 2. The lowest BCUT2D eigenvalue weighted by Gasteiger charge is -2.00. The van der Waals surface area contributed by atoms with Crippen LogP contribution in [0.4, 0.5) is 0 Å². The zero-order valence-electron chi connectivity index (χ0n) is 8.90. The average Bonchev–Trinajstić information content (AvgIpc) is 2.76. The van der Waals surface area contributed by atoms with Crippen LogP contribution in [0.1, 0.15) is 18.4 Å². The molecule has 1 heterocycles. The molecular formula is C11H12ClN3O. The van der Waals surface area contributed by atoms with Crippen LogP contribution in [0.15, 0.2) is 22.7 Å². The molecule has 2 N–H and O–H groups in total. The van der Waals surface area contributed by atoms with Gasteiger partial charge < -0.3 is 10.3 Å². The first-order chi connectivity index (χ1) is 7.72. The second-order valence-corrected chi connectivity index (χ2v) is 3.85. The van der Waals surface area contributed by atoms with Crippen molar-refractivity contribution in [2.24, 2.45) is 5.73 Å². The van der Waals surface area contributed by atoms with Gasteiger partial charge >= 0.3 is 0 Å². The molecule has 4 nitrogen and oxygen atoms in total. The average molecular weight is 238 g/mol. The number of hydrogen-bond acceptors (Lipinski definition) is 4. The summed E-state index contributed by atoms with van der Waals surface area (Å²) in [7, 11) is 0. The van der Waals surface area contributed by atoms with E-state index in [0.717, 1.165) is 17.5 Å². The van der Waals surface area contributed by atoms with E-state index in [0.29, 0.717) is 16.7 Å². The summed E-state index contributed by atoms with van der Waals surface area (Å²) >= 11 is 6.01. The lowest BCUT2D eigenvalue weighted by Crippen LogP contribution is -1.95. The Balaban J connectivity index is 2.42. The normalized spacial score (nSPS) is 10.7. The van der Waals surface area contributed by atoms with Gasteiger partial charge in [-0.25, -0.2) is 0 Å². The summed E-state index contributed by atoms with van der Waals surface area (Å²) in [6.45, 7) is 2.31. The fraction of sp³-hybridized carbons (Fsp3) is 0.273. The number of nitrogens with two attached hydrogens (primary N) is 1. The van der Waals surface area contributed by atoms with Crippen molar-refractivity contribution in [3.63, 3.8) is 0 Å². The highest BCUT2D eigenvalue weighted by molar-refractivity contribution is 6.30. The van der Waals surface area contributed by atoms with Gasteiger partial charge in [0, 0.05) is 10.6 Å². The number of rotatable bonds is 3.